The Morgan fingerprint density at radius 1 is 0.763 bits per heavy atom. The molecule has 1 aliphatic carbocycles. The number of benzene rings is 1. The van der Waals surface area contributed by atoms with E-state index in [4.69, 9.17) is 0 Å². The van der Waals surface area contributed by atoms with Gasteiger partial charge in [-0.25, -0.2) is 9.59 Å². The number of nitrogens with zero attached hydrogens (tertiary/aromatic N) is 1. The molecule has 0 spiro atoms. The van der Waals surface area contributed by atoms with Crippen molar-refractivity contribution in [3.05, 3.63) is 46.1 Å². The molecule has 0 unspecified atom stereocenters. The molecule has 0 atom stereocenters. The predicted octanol–water partition coefficient (Wildman–Crippen LogP) is 6.85. The average molecular weight is 560 g/mol. The number of carbonyl (C=O) groups excluding carboxylic acids is 2. The van der Waals surface area contributed by atoms with Crippen LogP contribution in [0.4, 0.5) is 45.3 Å². The summed E-state index contributed by atoms with van der Waals surface area (Å²) in [5.74, 6) is -4.04. The Morgan fingerprint density at radius 2 is 1.24 bits per heavy atom. The van der Waals surface area contributed by atoms with Crippen LogP contribution >= 0.6 is 0 Å². The van der Waals surface area contributed by atoms with Gasteiger partial charge in [-0.3, -0.25) is 4.57 Å². The first kappa shape index (κ1) is 29.2. The molecule has 0 saturated heterocycles. The Bertz CT molecular complexity index is 1180. The normalized spacial score (nSPS) is 15.3. The van der Waals surface area contributed by atoms with Gasteiger partial charge in [0, 0.05) is 11.7 Å². The van der Waals surface area contributed by atoms with Crippen molar-refractivity contribution in [2.75, 3.05) is 19.5 Å². The van der Waals surface area contributed by atoms with Crippen molar-refractivity contribution in [3.63, 3.8) is 0 Å². The third kappa shape index (κ3) is 5.85. The number of hydrogen-bond acceptors (Lipinski definition) is 5. The second-order valence-electron chi connectivity index (χ2n) is 8.51. The van der Waals surface area contributed by atoms with Gasteiger partial charge in [0.05, 0.1) is 25.3 Å². The van der Waals surface area contributed by atoms with Gasteiger partial charge in [0.25, 0.3) is 0 Å². The lowest BCUT2D eigenvalue weighted by Crippen LogP contribution is -2.26. The van der Waals surface area contributed by atoms with Crippen LogP contribution in [0.5, 0.6) is 0 Å². The zero-order chi connectivity index (χ0) is 28.6. The van der Waals surface area contributed by atoms with Crippen molar-refractivity contribution in [1.82, 2.24) is 4.57 Å². The molecule has 15 heteroatoms. The number of methoxy groups -OCH3 is 2. The van der Waals surface area contributed by atoms with Crippen LogP contribution in [0.25, 0.3) is 5.69 Å². The summed E-state index contributed by atoms with van der Waals surface area (Å²) in [5.41, 5.74) is -9.49. The van der Waals surface area contributed by atoms with Crippen LogP contribution in [0.15, 0.2) is 18.2 Å². The Kier molecular flexibility index (Phi) is 7.99. The molecule has 3 rings (SSSR count). The average Bonchev–Trinajstić information content (AvgIpc) is 3.17. The molecule has 1 saturated carbocycles. The smallest absolute Gasteiger partial charge is 0.432 e. The number of rotatable bonds is 5. The fourth-order valence-electron chi connectivity index (χ4n) is 4.35. The highest BCUT2D eigenvalue weighted by Crippen LogP contribution is 2.45. The van der Waals surface area contributed by atoms with Crippen molar-refractivity contribution in [2.24, 2.45) is 0 Å². The Labute approximate surface area is 209 Å². The maximum atomic E-state index is 14.4. The van der Waals surface area contributed by atoms with Gasteiger partial charge in [0.1, 0.15) is 22.6 Å². The van der Waals surface area contributed by atoms with E-state index in [2.05, 4.69) is 14.8 Å². The summed E-state index contributed by atoms with van der Waals surface area (Å²) >= 11 is 0. The van der Waals surface area contributed by atoms with Gasteiger partial charge in [0.2, 0.25) is 0 Å². The molecule has 1 aromatic carbocycles. The maximum absolute atomic E-state index is 14.4. The van der Waals surface area contributed by atoms with E-state index < -0.39 is 76.0 Å². The minimum absolute atomic E-state index is 0.0302. The lowest BCUT2D eigenvalue weighted by Gasteiger charge is -2.26. The Hall–Kier alpha value is -3.39. The van der Waals surface area contributed by atoms with Crippen LogP contribution in [0.1, 0.15) is 69.6 Å². The standard InChI is InChI=1S/C23H21F9N2O4/c1-37-19(35)15-16(20(36)38-2)18(33-13-6-4-3-5-7-13)34(17(15)23(30,31)32)14-9-11(21(24,25)26)8-12(10-14)22(27,28)29/h8-10,13,33H,3-7H2,1-2H3. The van der Waals surface area contributed by atoms with Gasteiger partial charge in [-0.05, 0) is 31.0 Å². The minimum Gasteiger partial charge on any atom is -0.465 e. The van der Waals surface area contributed by atoms with Crippen LogP contribution < -0.4 is 5.32 Å². The zero-order valence-electron chi connectivity index (χ0n) is 19.8. The van der Waals surface area contributed by atoms with Crippen LogP contribution in [0.3, 0.4) is 0 Å². The molecule has 6 nitrogen and oxygen atoms in total. The van der Waals surface area contributed by atoms with E-state index in [1.54, 1.807) is 0 Å². The molecule has 0 amide bonds. The Balaban J connectivity index is 2.53. The second-order valence-corrected chi connectivity index (χ2v) is 8.51. The molecule has 1 fully saturated rings. The SMILES string of the molecule is COC(=O)c1c(C(=O)OC)c(C(F)(F)F)n(-c2cc(C(F)(F)F)cc(C(F)(F)F)c2)c1NC1CCCCC1. The van der Waals surface area contributed by atoms with Crippen LogP contribution in [-0.4, -0.2) is 36.8 Å². The summed E-state index contributed by atoms with van der Waals surface area (Å²) in [5, 5.41) is 2.65. The van der Waals surface area contributed by atoms with Crippen molar-refractivity contribution in [2.45, 2.75) is 56.7 Å². The third-order valence-corrected chi connectivity index (χ3v) is 6.00. The number of nitrogens with one attached hydrogen (secondary N) is 1. The molecule has 0 bridgehead atoms. The number of esters is 2. The largest absolute Gasteiger partial charge is 0.465 e. The molecule has 0 aliphatic heterocycles. The summed E-state index contributed by atoms with van der Waals surface area (Å²) < 4.78 is 134. The summed E-state index contributed by atoms with van der Waals surface area (Å²) in [4.78, 5) is 25.2. The highest BCUT2D eigenvalue weighted by atomic mass is 19.4. The van der Waals surface area contributed by atoms with E-state index in [1.165, 1.54) is 0 Å². The number of anilines is 1. The molecule has 38 heavy (non-hydrogen) atoms. The highest BCUT2D eigenvalue weighted by molar-refractivity contribution is 6.08. The number of hydrogen-bond donors (Lipinski definition) is 1. The fraction of sp³-hybridized carbons (Fsp3) is 0.478. The zero-order valence-corrected chi connectivity index (χ0v) is 19.8. The van der Waals surface area contributed by atoms with Crippen LogP contribution in [0.2, 0.25) is 0 Å². The lowest BCUT2D eigenvalue weighted by molar-refractivity contribution is -0.143. The predicted molar refractivity (Wildman–Crippen MR) is 114 cm³/mol. The van der Waals surface area contributed by atoms with Crippen molar-refractivity contribution < 1.29 is 58.6 Å². The number of ether oxygens (including phenoxy) is 2. The number of aromatic nitrogens is 1. The molecule has 1 N–H and O–H groups in total. The van der Waals surface area contributed by atoms with Gasteiger partial charge < -0.3 is 14.8 Å². The monoisotopic (exact) mass is 560 g/mol. The van der Waals surface area contributed by atoms with E-state index >= 15 is 0 Å². The molecule has 1 aliphatic rings. The number of carbonyl (C=O) groups is 2. The van der Waals surface area contributed by atoms with E-state index in [0.29, 0.717) is 32.8 Å². The summed E-state index contributed by atoms with van der Waals surface area (Å²) in [7, 11) is 1.48. The number of halogens is 9. The molecule has 0 radical (unpaired) electrons. The van der Waals surface area contributed by atoms with E-state index in [0.717, 1.165) is 13.5 Å². The molecule has 210 valence electrons. The van der Waals surface area contributed by atoms with Crippen LogP contribution in [-0.2, 0) is 28.0 Å². The van der Waals surface area contributed by atoms with Gasteiger partial charge in [-0.1, -0.05) is 19.3 Å². The molecular formula is C23H21F9N2O4. The summed E-state index contributed by atoms with van der Waals surface area (Å²) in [6, 6.07) is -0.728. The second kappa shape index (κ2) is 10.4. The molecule has 2 aromatic rings. The molecular weight excluding hydrogens is 539 g/mol. The highest BCUT2D eigenvalue weighted by Gasteiger charge is 2.47. The van der Waals surface area contributed by atoms with E-state index in [9.17, 15) is 49.1 Å². The Morgan fingerprint density at radius 3 is 1.66 bits per heavy atom. The topological polar surface area (TPSA) is 69.6 Å². The van der Waals surface area contributed by atoms with Gasteiger partial charge in [-0.2, -0.15) is 39.5 Å². The number of alkyl halides is 9. The van der Waals surface area contributed by atoms with Gasteiger partial charge >= 0.3 is 30.5 Å². The van der Waals surface area contributed by atoms with Crippen molar-refractivity contribution in [1.29, 1.82) is 0 Å². The lowest BCUT2D eigenvalue weighted by atomic mass is 9.95. The first-order chi connectivity index (χ1) is 17.5. The minimum atomic E-state index is -5.55. The van der Waals surface area contributed by atoms with E-state index in [-0.39, 0.29) is 22.8 Å². The summed E-state index contributed by atoms with van der Waals surface area (Å²) in [6.45, 7) is 0. The van der Waals surface area contributed by atoms with Crippen LogP contribution in [0, 0.1) is 0 Å². The van der Waals surface area contributed by atoms with E-state index in [1.807, 2.05) is 0 Å². The maximum Gasteiger partial charge on any atom is 0.432 e. The van der Waals surface area contributed by atoms with Crippen molar-refractivity contribution in [3.8, 4) is 5.69 Å². The van der Waals surface area contributed by atoms with Crippen molar-refractivity contribution >= 4 is 17.8 Å². The molecule has 1 heterocycles. The fourth-order valence-corrected chi connectivity index (χ4v) is 4.35. The van der Waals surface area contributed by atoms with Gasteiger partial charge in [0.15, 0.2) is 0 Å². The molecule has 1 aromatic heterocycles. The summed E-state index contributed by atoms with van der Waals surface area (Å²) in [6.07, 6.45) is -13.6. The quantitative estimate of drug-likeness (QED) is 0.320. The first-order valence-corrected chi connectivity index (χ1v) is 11.1. The van der Waals surface area contributed by atoms with Gasteiger partial charge in [-0.15, -0.1) is 0 Å². The first-order valence-electron chi connectivity index (χ1n) is 11.1. The third-order valence-electron chi connectivity index (χ3n) is 6.00.